The van der Waals surface area contributed by atoms with Crippen molar-refractivity contribution in [1.29, 1.82) is 0 Å². The molecule has 0 aliphatic carbocycles. The quantitative estimate of drug-likeness (QED) is 0.637. The van der Waals surface area contributed by atoms with Crippen molar-refractivity contribution in [3.8, 4) is 0 Å². The number of amides is 1. The summed E-state index contributed by atoms with van der Waals surface area (Å²) in [6.07, 6.45) is 0. The lowest BCUT2D eigenvalue weighted by molar-refractivity contribution is 0.0923. The van der Waals surface area contributed by atoms with Gasteiger partial charge in [0, 0.05) is 6.04 Å². The molecule has 5 nitrogen and oxygen atoms in total. The lowest BCUT2D eigenvalue weighted by atomic mass is 10.1. The average molecular weight is 269 g/mol. The molecule has 1 unspecified atom stereocenters. The molecule has 2 aromatic rings. The number of aromatic amines is 2. The molecule has 7 heteroatoms. The zero-order valence-corrected chi connectivity index (χ0v) is 10.4. The molecule has 18 heavy (non-hydrogen) atoms. The van der Waals surface area contributed by atoms with Gasteiger partial charge in [-0.3, -0.25) is 4.79 Å². The second-order valence-corrected chi connectivity index (χ2v) is 4.42. The van der Waals surface area contributed by atoms with Gasteiger partial charge in [0.15, 0.2) is 4.77 Å². The van der Waals surface area contributed by atoms with E-state index >= 15 is 0 Å². The molecule has 1 atom stereocenters. The van der Waals surface area contributed by atoms with Crippen LogP contribution in [0.1, 0.15) is 17.3 Å². The van der Waals surface area contributed by atoms with Gasteiger partial charge >= 0.3 is 0 Å². The number of rotatable bonds is 3. The number of aliphatic hydroxyl groups is 1. The van der Waals surface area contributed by atoms with Gasteiger partial charge in [0.25, 0.3) is 5.91 Å². The summed E-state index contributed by atoms with van der Waals surface area (Å²) < 4.78 is 13.7. The van der Waals surface area contributed by atoms with E-state index in [9.17, 15) is 9.18 Å². The number of hydrogen-bond acceptors (Lipinski definition) is 3. The molecule has 0 aliphatic heterocycles. The van der Waals surface area contributed by atoms with Crippen molar-refractivity contribution in [3.05, 3.63) is 28.3 Å². The van der Waals surface area contributed by atoms with Gasteiger partial charge in [0.2, 0.25) is 0 Å². The molecule has 1 heterocycles. The maximum Gasteiger partial charge on any atom is 0.253 e. The van der Waals surface area contributed by atoms with Crippen LogP contribution in [0.5, 0.6) is 0 Å². The zero-order chi connectivity index (χ0) is 13.3. The molecule has 0 saturated carbocycles. The predicted octanol–water partition coefficient (Wildman–Crippen LogP) is 1.48. The average Bonchev–Trinajstić information content (AvgIpc) is 2.67. The summed E-state index contributed by atoms with van der Waals surface area (Å²) in [6.45, 7) is 1.46. The second-order valence-electron chi connectivity index (χ2n) is 4.01. The summed E-state index contributed by atoms with van der Waals surface area (Å²) in [7, 11) is 0. The largest absolute Gasteiger partial charge is 0.394 e. The highest BCUT2D eigenvalue weighted by atomic mass is 32.1. The molecule has 96 valence electrons. The Hall–Kier alpha value is -1.73. The summed E-state index contributed by atoms with van der Waals surface area (Å²) in [5.74, 6) is -0.999. The number of aromatic nitrogens is 2. The minimum Gasteiger partial charge on any atom is -0.394 e. The number of aliphatic hydroxyl groups excluding tert-OH is 1. The van der Waals surface area contributed by atoms with Gasteiger partial charge in [0.05, 0.1) is 23.2 Å². The number of imidazole rings is 1. The number of fused-ring (bicyclic) bond motifs is 1. The number of hydrogen-bond donors (Lipinski definition) is 4. The Bertz CT molecular complexity index is 649. The smallest absolute Gasteiger partial charge is 0.253 e. The summed E-state index contributed by atoms with van der Waals surface area (Å²) in [6, 6.07) is 1.98. The predicted molar refractivity (Wildman–Crippen MR) is 67.5 cm³/mol. The van der Waals surface area contributed by atoms with Crippen LogP contribution in [0.3, 0.4) is 0 Å². The number of halogens is 1. The molecule has 0 aliphatic rings. The third-order valence-corrected chi connectivity index (χ3v) is 2.69. The molecule has 0 radical (unpaired) electrons. The van der Waals surface area contributed by atoms with Gasteiger partial charge in [-0.15, -0.1) is 0 Å². The molecule has 1 aromatic heterocycles. The van der Waals surface area contributed by atoms with E-state index in [4.69, 9.17) is 17.3 Å². The van der Waals surface area contributed by atoms with Crippen LogP contribution in [0.25, 0.3) is 11.0 Å². The second kappa shape index (κ2) is 4.87. The van der Waals surface area contributed by atoms with Gasteiger partial charge in [-0.05, 0) is 31.3 Å². The first-order valence-corrected chi connectivity index (χ1v) is 5.75. The maximum atomic E-state index is 13.4. The highest BCUT2D eigenvalue weighted by Gasteiger charge is 2.15. The van der Waals surface area contributed by atoms with Crippen LogP contribution >= 0.6 is 12.2 Å². The van der Waals surface area contributed by atoms with Crippen molar-refractivity contribution < 1.29 is 14.3 Å². The number of benzene rings is 1. The van der Waals surface area contributed by atoms with Crippen molar-refractivity contribution in [2.24, 2.45) is 0 Å². The fourth-order valence-corrected chi connectivity index (χ4v) is 1.85. The minimum absolute atomic E-state index is 0.151. The SMILES string of the molecule is CC(CO)NC(=O)c1cc(F)cc2[nH]c(=S)[nH]c12. The molecule has 0 bridgehead atoms. The van der Waals surface area contributed by atoms with E-state index in [0.717, 1.165) is 6.07 Å². The Labute approximate surface area is 107 Å². The third kappa shape index (κ3) is 2.41. The number of H-pyrrole nitrogens is 2. The number of carbonyl (C=O) groups excluding carboxylic acids is 1. The monoisotopic (exact) mass is 269 g/mol. The van der Waals surface area contributed by atoms with Crippen LogP contribution in [0.4, 0.5) is 4.39 Å². The van der Waals surface area contributed by atoms with Gasteiger partial charge in [-0.2, -0.15) is 0 Å². The standard InChI is InChI=1S/C11H12FN3O2S/c1-5(4-16)13-10(17)7-2-6(12)3-8-9(7)15-11(18)14-8/h2-3,5,16H,4H2,1H3,(H,13,17)(H2,14,15,18). The van der Waals surface area contributed by atoms with Crippen LogP contribution < -0.4 is 5.32 Å². The summed E-state index contributed by atoms with van der Waals surface area (Å²) in [5, 5.41) is 11.4. The first-order valence-electron chi connectivity index (χ1n) is 5.34. The lowest BCUT2D eigenvalue weighted by Crippen LogP contribution is -2.35. The normalized spacial score (nSPS) is 12.6. The number of carbonyl (C=O) groups is 1. The van der Waals surface area contributed by atoms with Gasteiger partial charge in [-0.1, -0.05) is 0 Å². The van der Waals surface area contributed by atoms with E-state index < -0.39 is 17.8 Å². The molecule has 0 spiro atoms. The Balaban J connectivity index is 2.49. The van der Waals surface area contributed by atoms with Crippen molar-refractivity contribution in [2.75, 3.05) is 6.61 Å². The molecule has 0 fully saturated rings. The molecule has 1 aromatic carbocycles. The van der Waals surface area contributed by atoms with E-state index in [1.807, 2.05) is 0 Å². The topological polar surface area (TPSA) is 80.9 Å². The maximum absolute atomic E-state index is 13.4. The van der Waals surface area contributed by atoms with Gasteiger partial charge < -0.3 is 20.4 Å². The Kier molecular flexibility index (Phi) is 3.44. The van der Waals surface area contributed by atoms with Crippen LogP contribution in [0.2, 0.25) is 0 Å². The Morgan fingerprint density at radius 3 is 2.94 bits per heavy atom. The van der Waals surface area contributed by atoms with Crippen molar-refractivity contribution >= 4 is 29.2 Å². The van der Waals surface area contributed by atoms with Crippen LogP contribution in [0.15, 0.2) is 12.1 Å². The van der Waals surface area contributed by atoms with E-state index in [0.29, 0.717) is 15.8 Å². The van der Waals surface area contributed by atoms with Crippen LogP contribution in [0, 0.1) is 10.6 Å². The van der Waals surface area contributed by atoms with Crippen LogP contribution in [-0.2, 0) is 0 Å². The fraction of sp³-hybridized carbons (Fsp3) is 0.273. The van der Waals surface area contributed by atoms with E-state index in [1.165, 1.54) is 6.07 Å². The molecular formula is C11H12FN3O2S. The molecular weight excluding hydrogens is 257 g/mol. The molecule has 0 saturated heterocycles. The zero-order valence-electron chi connectivity index (χ0n) is 9.58. The van der Waals surface area contributed by atoms with Crippen molar-refractivity contribution in [3.63, 3.8) is 0 Å². The van der Waals surface area contributed by atoms with Gasteiger partial charge in [0.1, 0.15) is 5.82 Å². The van der Waals surface area contributed by atoms with Crippen LogP contribution in [-0.4, -0.2) is 33.6 Å². The summed E-state index contributed by atoms with van der Waals surface area (Å²) in [4.78, 5) is 17.5. The summed E-state index contributed by atoms with van der Waals surface area (Å²) >= 11 is 4.91. The number of nitrogens with one attached hydrogen (secondary N) is 3. The Morgan fingerprint density at radius 2 is 2.28 bits per heavy atom. The summed E-state index contributed by atoms with van der Waals surface area (Å²) in [5.41, 5.74) is 1.03. The fourth-order valence-electron chi connectivity index (χ4n) is 1.63. The van der Waals surface area contributed by atoms with Crippen molar-refractivity contribution in [1.82, 2.24) is 15.3 Å². The first-order chi connectivity index (χ1) is 8.51. The molecule has 1 amide bonds. The van der Waals surface area contributed by atoms with Crippen molar-refractivity contribution in [2.45, 2.75) is 13.0 Å². The first kappa shape index (κ1) is 12.7. The van der Waals surface area contributed by atoms with E-state index in [1.54, 1.807) is 6.92 Å². The highest BCUT2D eigenvalue weighted by Crippen LogP contribution is 2.17. The lowest BCUT2D eigenvalue weighted by Gasteiger charge is -2.11. The molecule has 2 rings (SSSR count). The van der Waals surface area contributed by atoms with Gasteiger partial charge in [-0.25, -0.2) is 4.39 Å². The highest BCUT2D eigenvalue weighted by molar-refractivity contribution is 7.71. The minimum atomic E-state index is -0.533. The molecule has 4 N–H and O–H groups in total. The Morgan fingerprint density at radius 1 is 1.56 bits per heavy atom. The van der Waals surface area contributed by atoms with E-state index in [2.05, 4.69) is 15.3 Å². The third-order valence-electron chi connectivity index (χ3n) is 2.49. The van der Waals surface area contributed by atoms with E-state index in [-0.39, 0.29) is 12.2 Å².